The Labute approximate surface area is 146 Å². The maximum atomic E-state index is 12.8. The van der Waals surface area contributed by atoms with Crippen molar-refractivity contribution in [2.24, 2.45) is 0 Å². The van der Waals surface area contributed by atoms with E-state index in [4.69, 9.17) is 0 Å². The van der Waals surface area contributed by atoms with Crippen LogP contribution < -0.4 is 4.72 Å². The van der Waals surface area contributed by atoms with Crippen LogP contribution in [0, 0.1) is 6.92 Å². The van der Waals surface area contributed by atoms with E-state index in [-0.39, 0.29) is 11.6 Å². The van der Waals surface area contributed by atoms with Crippen LogP contribution in [0.2, 0.25) is 0 Å². The first-order chi connectivity index (χ1) is 12.0. The van der Waals surface area contributed by atoms with Gasteiger partial charge in [-0.15, -0.1) is 0 Å². The molecule has 25 heavy (non-hydrogen) atoms. The van der Waals surface area contributed by atoms with Crippen molar-refractivity contribution >= 4 is 10.0 Å². The summed E-state index contributed by atoms with van der Waals surface area (Å²) in [6.07, 6.45) is 4.66. The van der Waals surface area contributed by atoms with Crippen molar-refractivity contribution < 1.29 is 8.42 Å². The topological polar surface area (TPSA) is 94.7 Å². The Balaban J connectivity index is 1.90. The summed E-state index contributed by atoms with van der Waals surface area (Å²) in [5, 5.41) is 8.15. The molecule has 0 fully saturated rings. The van der Waals surface area contributed by atoms with Crippen molar-refractivity contribution in [1.82, 2.24) is 29.3 Å². The van der Waals surface area contributed by atoms with Gasteiger partial charge in [-0.25, -0.2) is 18.1 Å². The number of aryl methyl sites for hydroxylation is 2. The van der Waals surface area contributed by atoms with Crippen LogP contribution in [0.15, 0.2) is 53.9 Å². The molecule has 0 saturated carbocycles. The van der Waals surface area contributed by atoms with E-state index in [1.54, 1.807) is 30.1 Å². The van der Waals surface area contributed by atoms with Gasteiger partial charge >= 0.3 is 0 Å². The molecule has 0 amide bonds. The van der Waals surface area contributed by atoms with Crippen LogP contribution in [0.25, 0.3) is 0 Å². The van der Waals surface area contributed by atoms with Crippen molar-refractivity contribution in [3.8, 4) is 0 Å². The molecule has 2 heterocycles. The molecule has 9 heteroatoms. The fourth-order valence-electron chi connectivity index (χ4n) is 2.57. The number of rotatable bonds is 7. The molecular formula is C16H20N6O2S. The molecule has 3 aromatic rings. The van der Waals surface area contributed by atoms with Crippen molar-refractivity contribution in [2.45, 2.75) is 38.0 Å². The first-order valence-electron chi connectivity index (χ1n) is 7.94. The quantitative estimate of drug-likeness (QED) is 0.689. The molecule has 2 aromatic heterocycles. The predicted molar refractivity (Wildman–Crippen MR) is 92.2 cm³/mol. The van der Waals surface area contributed by atoms with Crippen LogP contribution in [0.3, 0.4) is 0 Å². The van der Waals surface area contributed by atoms with Gasteiger partial charge in [-0.2, -0.15) is 15.0 Å². The third-order valence-electron chi connectivity index (χ3n) is 3.88. The molecule has 0 bridgehead atoms. The van der Waals surface area contributed by atoms with E-state index in [9.17, 15) is 8.42 Å². The molecule has 0 aliphatic heterocycles. The van der Waals surface area contributed by atoms with Crippen LogP contribution in [-0.2, 0) is 23.1 Å². The SMILES string of the molecule is CCn1cc(S(=O)(=O)NC(Cn2nccn2)c2ccccc2)nc1C. The zero-order valence-corrected chi connectivity index (χ0v) is 14.9. The van der Waals surface area contributed by atoms with E-state index in [0.29, 0.717) is 12.4 Å². The Morgan fingerprint density at radius 2 is 1.84 bits per heavy atom. The Bertz CT molecular complexity index is 919. The number of benzene rings is 1. The number of hydrogen-bond acceptors (Lipinski definition) is 5. The van der Waals surface area contributed by atoms with E-state index in [2.05, 4.69) is 19.9 Å². The van der Waals surface area contributed by atoms with Gasteiger partial charge < -0.3 is 4.57 Å². The first-order valence-corrected chi connectivity index (χ1v) is 9.43. The number of aromatic nitrogens is 5. The highest BCUT2D eigenvalue weighted by Crippen LogP contribution is 2.18. The number of nitrogens with zero attached hydrogens (tertiary/aromatic N) is 5. The molecule has 132 valence electrons. The van der Waals surface area contributed by atoms with Crippen LogP contribution >= 0.6 is 0 Å². The van der Waals surface area contributed by atoms with Gasteiger partial charge in [0.25, 0.3) is 10.0 Å². The highest BCUT2D eigenvalue weighted by atomic mass is 32.2. The second-order valence-electron chi connectivity index (χ2n) is 5.58. The van der Waals surface area contributed by atoms with Crippen molar-refractivity contribution in [3.05, 3.63) is 60.3 Å². The maximum Gasteiger partial charge on any atom is 0.260 e. The molecule has 1 atom stereocenters. The third-order valence-corrected chi connectivity index (χ3v) is 5.22. The van der Waals surface area contributed by atoms with Gasteiger partial charge in [0.1, 0.15) is 5.82 Å². The smallest absolute Gasteiger partial charge is 0.260 e. The summed E-state index contributed by atoms with van der Waals surface area (Å²) in [7, 11) is -3.77. The minimum Gasteiger partial charge on any atom is -0.334 e. The van der Waals surface area contributed by atoms with Gasteiger partial charge in [-0.3, -0.25) is 0 Å². The van der Waals surface area contributed by atoms with Gasteiger partial charge in [0.15, 0.2) is 5.03 Å². The number of nitrogens with one attached hydrogen (secondary N) is 1. The summed E-state index contributed by atoms with van der Waals surface area (Å²) in [6.45, 7) is 4.66. The van der Waals surface area contributed by atoms with E-state index < -0.39 is 16.1 Å². The van der Waals surface area contributed by atoms with Crippen LogP contribution in [0.1, 0.15) is 24.4 Å². The summed E-state index contributed by atoms with van der Waals surface area (Å²) < 4.78 is 30.1. The standard InChI is InChI=1S/C16H20N6O2S/c1-3-21-12-16(19-13(21)2)25(23,24)20-15(11-22-17-9-10-18-22)14-7-5-4-6-8-14/h4-10,12,15,20H,3,11H2,1-2H3. The Morgan fingerprint density at radius 1 is 1.16 bits per heavy atom. The molecule has 0 aliphatic rings. The summed E-state index contributed by atoms with van der Waals surface area (Å²) in [5.74, 6) is 0.660. The zero-order chi connectivity index (χ0) is 17.9. The van der Waals surface area contributed by atoms with Gasteiger partial charge in [0, 0.05) is 12.7 Å². The molecule has 3 rings (SSSR count). The maximum absolute atomic E-state index is 12.8. The van der Waals surface area contributed by atoms with E-state index in [0.717, 1.165) is 5.56 Å². The fraction of sp³-hybridized carbons (Fsp3) is 0.312. The normalized spacial score (nSPS) is 13.0. The monoisotopic (exact) mass is 360 g/mol. The molecule has 1 N–H and O–H groups in total. The van der Waals surface area contributed by atoms with Crippen molar-refractivity contribution in [1.29, 1.82) is 0 Å². The first kappa shape index (κ1) is 17.3. The Hall–Kier alpha value is -2.52. The Kier molecular flexibility index (Phi) is 4.95. The largest absolute Gasteiger partial charge is 0.334 e. The molecule has 1 unspecified atom stereocenters. The van der Waals surface area contributed by atoms with Gasteiger partial charge in [0.2, 0.25) is 0 Å². The predicted octanol–water partition coefficient (Wildman–Crippen LogP) is 1.52. The highest BCUT2D eigenvalue weighted by molar-refractivity contribution is 7.89. The lowest BCUT2D eigenvalue weighted by atomic mass is 10.1. The summed E-state index contributed by atoms with van der Waals surface area (Å²) in [5.41, 5.74) is 0.829. The molecule has 0 saturated heterocycles. The third kappa shape index (κ3) is 3.94. The summed E-state index contributed by atoms with van der Waals surface area (Å²) in [6, 6.07) is 8.84. The molecule has 0 aliphatic carbocycles. The summed E-state index contributed by atoms with van der Waals surface area (Å²) >= 11 is 0. The molecule has 1 aromatic carbocycles. The van der Waals surface area contributed by atoms with E-state index in [1.165, 1.54) is 4.80 Å². The lowest BCUT2D eigenvalue weighted by molar-refractivity contribution is 0.444. The minimum absolute atomic E-state index is 0.0150. The fourth-order valence-corrected chi connectivity index (χ4v) is 3.80. The van der Waals surface area contributed by atoms with E-state index >= 15 is 0 Å². The molecule has 0 spiro atoms. The number of hydrogen-bond donors (Lipinski definition) is 1. The molecule has 0 radical (unpaired) electrons. The van der Waals surface area contributed by atoms with Crippen LogP contribution in [-0.4, -0.2) is 33.0 Å². The number of sulfonamides is 1. The number of imidazole rings is 1. The van der Waals surface area contributed by atoms with Crippen LogP contribution in [0.5, 0.6) is 0 Å². The minimum atomic E-state index is -3.77. The second-order valence-corrected chi connectivity index (χ2v) is 7.24. The average molecular weight is 360 g/mol. The van der Waals surface area contributed by atoms with Gasteiger partial charge in [-0.1, -0.05) is 30.3 Å². The highest BCUT2D eigenvalue weighted by Gasteiger charge is 2.25. The van der Waals surface area contributed by atoms with Gasteiger partial charge in [0.05, 0.1) is 25.0 Å². The van der Waals surface area contributed by atoms with Crippen molar-refractivity contribution in [3.63, 3.8) is 0 Å². The van der Waals surface area contributed by atoms with Crippen molar-refractivity contribution in [2.75, 3.05) is 0 Å². The molecular weight excluding hydrogens is 340 g/mol. The summed E-state index contributed by atoms with van der Waals surface area (Å²) in [4.78, 5) is 5.63. The average Bonchev–Trinajstić information content (AvgIpc) is 3.24. The molecule has 8 nitrogen and oxygen atoms in total. The lowest BCUT2D eigenvalue weighted by Crippen LogP contribution is -2.32. The zero-order valence-electron chi connectivity index (χ0n) is 14.1. The van der Waals surface area contributed by atoms with Gasteiger partial charge in [-0.05, 0) is 19.4 Å². The Morgan fingerprint density at radius 3 is 2.44 bits per heavy atom. The lowest BCUT2D eigenvalue weighted by Gasteiger charge is -2.18. The van der Waals surface area contributed by atoms with E-state index in [1.807, 2.05) is 37.3 Å². The van der Waals surface area contributed by atoms with Crippen LogP contribution in [0.4, 0.5) is 0 Å². The second kappa shape index (κ2) is 7.16.